The molecule has 0 fully saturated rings. The average molecular weight is 1370 g/mol. The van der Waals surface area contributed by atoms with Gasteiger partial charge >= 0.3 is 0 Å². The van der Waals surface area contributed by atoms with Crippen LogP contribution in [0, 0.1) is 41.5 Å². The molecule has 0 spiro atoms. The number of nitrogens with zero attached hydrogens (tertiary/aromatic N) is 2. The first-order chi connectivity index (χ1) is 45.6. The van der Waals surface area contributed by atoms with Crippen LogP contribution in [-0.2, 0) is 30.1 Å². The van der Waals surface area contributed by atoms with Crippen molar-refractivity contribution in [2.24, 2.45) is 0 Å². The maximum Gasteiger partial charge on any atom is 0.0543 e. The van der Waals surface area contributed by atoms with E-state index in [1.807, 2.05) is 0 Å². The van der Waals surface area contributed by atoms with Crippen molar-refractivity contribution in [2.75, 3.05) is 9.80 Å². The molecule has 2 nitrogen and oxygen atoms in total. The SMILES string of the molecule is CC(C)c1cc(Br)c2cc3c4c(cc(Br)c5ccc1c2c54)CCC3(C)C.Cc1cccc(C)c1Cc1ccccc1.Cc1cccc(C)c1N(c1ccccc1)c1cc(C(C)C)c2ccc3c(N(c4ccccc4)c4c(C)cccc4C)cc4c5c(cc1c2c35)C(C)(C)CC4. The third-order valence-corrected chi connectivity index (χ3v) is 22.8. The Balaban J connectivity index is 0.000000155. The fourth-order valence-corrected chi connectivity index (χ4v) is 17.6. The fourth-order valence-electron chi connectivity index (χ4n) is 16.4. The summed E-state index contributed by atoms with van der Waals surface area (Å²) in [6, 6.07) is 76.9. The molecule has 0 bridgehead atoms. The quantitative estimate of drug-likeness (QED) is 0.126. The Morgan fingerprint density at radius 2 is 0.747 bits per heavy atom. The fraction of sp³-hybridized carbons (Fsp3) is 0.253. The van der Waals surface area contributed by atoms with Gasteiger partial charge in [0.15, 0.2) is 0 Å². The van der Waals surface area contributed by atoms with Crippen LogP contribution in [0.5, 0.6) is 0 Å². The number of halogens is 2. The van der Waals surface area contributed by atoms with Crippen molar-refractivity contribution >= 4 is 131 Å². The van der Waals surface area contributed by atoms with Crippen LogP contribution >= 0.6 is 31.9 Å². The molecule has 0 N–H and O–H groups in total. The van der Waals surface area contributed by atoms with Crippen molar-refractivity contribution in [3.05, 3.63) is 293 Å². The lowest BCUT2D eigenvalue weighted by Crippen LogP contribution is -2.24. The van der Waals surface area contributed by atoms with Gasteiger partial charge in [-0.3, -0.25) is 0 Å². The number of benzene rings is 14. The van der Waals surface area contributed by atoms with E-state index in [4.69, 9.17) is 0 Å². The van der Waals surface area contributed by atoms with Crippen LogP contribution in [0.15, 0.2) is 215 Å². The van der Waals surface area contributed by atoms with Gasteiger partial charge < -0.3 is 9.80 Å². The first-order valence-corrected chi connectivity index (χ1v) is 36.1. The number of rotatable bonds is 10. The minimum Gasteiger partial charge on any atom is -0.309 e. The number of anilines is 6. The molecular formula is C91H88Br2N2. The van der Waals surface area contributed by atoms with Crippen LogP contribution in [0.1, 0.15) is 158 Å². The van der Waals surface area contributed by atoms with Gasteiger partial charge in [0, 0.05) is 36.5 Å². The monoisotopic (exact) mass is 1370 g/mol. The Bertz CT molecular complexity index is 5190. The highest BCUT2D eigenvalue weighted by Crippen LogP contribution is 2.56. The van der Waals surface area contributed by atoms with Gasteiger partial charge in [0.2, 0.25) is 0 Å². The lowest BCUT2D eigenvalue weighted by atomic mass is 9.70. The summed E-state index contributed by atoms with van der Waals surface area (Å²) in [4.78, 5) is 5.10. The Kier molecular flexibility index (Phi) is 16.9. The minimum atomic E-state index is 0.0250. The van der Waals surface area contributed by atoms with Crippen molar-refractivity contribution in [2.45, 2.75) is 152 Å². The largest absolute Gasteiger partial charge is 0.309 e. The molecule has 95 heavy (non-hydrogen) atoms. The van der Waals surface area contributed by atoms with Gasteiger partial charge in [-0.05, 0) is 283 Å². The zero-order valence-electron chi connectivity index (χ0n) is 58.0. The van der Waals surface area contributed by atoms with Crippen molar-refractivity contribution < 1.29 is 0 Å². The molecule has 0 aliphatic heterocycles. The third kappa shape index (κ3) is 11.2. The second-order valence-corrected chi connectivity index (χ2v) is 31.2. The Morgan fingerprint density at radius 3 is 1.24 bits per heavy atom. The van der Waals surface area contributed by atoms with Crippen LogP contribution in [0.2, 0.25) is 0 Å². The van der Waals surface area contributed by atoms with Crippen LogP contribution in [0.3, 0.4) is 0 Å². The van der Waals surface area contributed by atoms with Crippen molar-refractivity contribution in [3.63, 3.8) is 0 Å². The second-order valence-electron chi connectivity index (χ2n) is 29.5. The van der Waals surface area contributed by atoms with E-state index in [0.717, 1.165) is 25.7 Å². The summed E-state index contributed by atoms with van der Waals surface area (Å²) in [6.45, 7) is 32.4. The van der Waals surface area contributed by atoms with E-state index in [9.17, 15) is 0 Å². The van der Waals surface area contributed by atoms with Gasteiger partial charge in [0.1, 0.15) is 0 Å². The number of aryl methyl sites for hydroxylation is 8. The summed E-state index contributed by atoms with van der Waals surface area (Å²) in [5.41, 5.74) is 27.1. The predicted octanol–water partition coefficient (Wildman–Crippen LogP) is 27.5. The molecule has 0 heterocycles. The molecule has 0 amide bonds. The molecule has 4 heteroatoms. The van der Waals surface area contributed by atoms with Gasteiger partial charge in [0.05, 0.1) is 22.7 Å². The molecule has 2 aliphatic rings. The molecule has 0 radical (unpaired) electrons. The molecule has 14 aromatic rings. The van der Waals surface area contributed by atoms with E-state index in [2.05, 4.69) is 345 Å². The van der Waals surface area contributed by atoms with Gasteiger partial charge in [-0.1, -0.05) is 233 Å². The highest BCUT2D eigenvalue weighted by atomic mass is 79.9. The summed E-state index contributed by atoms with van der Waals surface area (Å²) in [6.07, 6.45) is 5.57. The van der Waals surface area contributed by atoms with E-state index >= 15 is 0 Å². The summed E-state index contributed by atoms with van der Waals surface area (Å²) < 4.78 is 2.45. The van der Waals surface area contributed by atoms with E-state index in [0.29, 0.717) is 11.8 Å². The minimum absolute atomic E-state index is 0.0250. The summed E-state index contributed by atoms with van der Waals surface area (Å²) >= 11 is 7.77. The lowest BCUT2D eigenvalue weighted by molar-refractivity contribution is 0.475. The molecule has 0 unspecified atom stereocenters. The number of hydrogen-bond donors (Lipinski definition) is 0. The molecule has 476 valence electrons. The van der Waals surface area contributed by atoms with Crippen LogP contribution in [0.4, 0.5) is 34.1 Å². The van der Waals surface area contributed by atoms with Crippen LogP contribution in [0.25, 0.3) is 64.6 Å². The molecule has 0 saturated carbocycles. The molecule has 0 saturated heterocycles. The zero-order valence-corrected chi connectivity index (χ0v) is 61.1. The Morgan fingerprint density at radius 1 is 0.358 bits per heavy atom. The third-order valence-electron chi connectivity index (χ3n) is 21.5. The normalized spacial score (nSPS) is 13.9. The van der Waals surface area contributed by atoms with E-state index in [1.54, 1.807) is 0 Å². The predicted molar refractivity (Wildman–Crippen MR) is 420 cm³/mol. The lowest BCUT2D eigenvalue weighted by Gasteiger charge is -2.37. The number of hydrogen-bond acceptors (Lipinski definition) is 2. The summed E-state index contributed by atoms with van der Waals surface area (Å²) in [5, 5.41) is 16.7. The van der Waals surface area contributed by atoms with Gasteiger partial charge in [-0.2, -0.15) is 0 Å². The molecular weight excluding hydrogens is 1280 g/mol. The Labute approximate surface area is 581 Å². The second kappa shape index (κ2) is 25.0. The Hall–Kier alpha value is -8.28. The highest BCUT2D eigenvalue weighted by molar-refractivity contribution is 9.11. The molecule has 16 rings (SSSR count). The summed E-state index contributed by atoms with van der Waals surface area (Å²) in [5.74, 6) is 0.838. The van der Waals surface area contributed by atoms with Gasteiger partial charge in [0.25, 0.3) is 0 Å². The van der Waals surface area contributed by atoms with Crippen molar-refractivity contribution in [1.29, 1.82) is 0 Å². The average Bonchev–Trinajstić information content (AvgIpc) is 0.700. The topological polar surface area (TPSA) is 6.48 Å². The maximum atomic E-state index is 3.90. The first-order valence-electron chi connectivity index (χ1n) is 34.5. The van der Waals surface area contributed by atoms with Gasteiger partial charge in [-0.25, -0.2) is 0 Å². The molecule has 0 aromatic heterocycles. The van der Waals surface area contributed by atoms with Gasteiger partial charge in [-0.15, -0.1) is 0 Å². The van der Waals surface area contributed by atoms with Crippen LogP contribution in [-0.4, -0.2) is 0 Å². The first kappa shape index (κ1) is 64.1. The van der Waals surface area contributed by atoms with E-state index < -0.39 is 0 Å². The van der Waals surface area contributed by atoms with E-state index in [1.165, 1.54) is 192 Å². The molecule has 0 atom stereocenters. The standard InChI is InChI=1S/C52H50N2.C24H22Br2.C15H16/c1-32(2)42-31-46(54(39-23-13-10-14-24-39)51-35(5)19-16-20-36(51)6)43-30-44-47-37(27-28-52(44,7)8)29-45(41-26-25-40(42)48(43)49(41)47)53(38-21-11-9-12-22-38)50-33(3)17-15-18-34(50)4;1-12(2)16-11-20(26)17-10-18-21-13(7-8-24(18,3)4)9-19(25)15-6-5-14(16)22(17)23(15)21;1-12-7-6-8-13(2)15(12)11-14-9-4-3-5-10-14/h9-26,29-32H,27-28H2,1-8H3;5-6,9-12H,7-8H2,1-4H3;3-10H,11H2,1-2H3. The van der Waals surface area contributed by atoms with E-state index in [-0.39, 0.29) is 10.8 Å². The highest BCUT2D eigenvalue weighted by Gasteiger charge is 2.36. The van der Waals surface area contributed by atoms with Crippen LogP contribution < -0.4 is 9.80 Å². The summed E-state index contributed by atoms with van der Waals surface area (Å²) in [7, 11) is 0. The molecule has 2 aliphatic carbocycles. The van der Waals surface area contributed by atoms with Crippen molar-refractivity contribution in [3.8, 4) is 0 Å². The smallest absolute Gasteiger partial charge is 0.0543 e. The van der Waals surface area contributed by atoms with Crippen molar-refractivity contribution in [1.82, 2.24) is 0 Å². The maximum absolute atomic E-state index is 3.90. The zero-order chi connectivity index (χ0) is 66.5. The number of para-hydroxylation sites is 4. The molecule has 14 aromatic carbocycles.